The third-order valence-corrected chi connectivity index (χ3v) is 7.85. The molecular weight excluding hydrogens is 504 g/mol. The molecule has 1 unspecified atom stereocenters. The summed E-state index contributed by atoms with van der Waals surface area (Å²) in [6.45, 7) is 6.14. The number of nitrogens with one attached hydrogen (secondary N) is 3. The maximum absolute atomic E-state index is 13.2. The second-order valence-corrected chi connectivity index (χ2v) is 11.9. The highest BCUT2D eigenvalue weighted by atomic mass is 35.5. The fraction of sp³-hybridized carbons (Fsp3) is 0.655. The Balaban J connectivity index is 1.56. The highest BCUT2D eigenvalue weighted by molar-refractivity contribution is 6.30. The Labute approximate surface area is 231 Å². The lowest BCUT2D eigenvalue weighted by Crippen LogP contribution is -2.50. The molecule has 9 heteroatoms. The van der Waals surface area contributed by atoms with Crippen LogP contribution in [0.3, 0.4) is 0 Å². The van der Waals surface area contributed by atoms with E-state index in [1.807, 2.05) is 32.0 Å². The summed E-state index contributed by atoms with van der Waals surface area (Å²) in [4.78, 5) is 38.2. The number of hydrogen-bond acceptors (Lipinski definition) is 5. The van der Waals surface area contributed by atoms with E-state index in [9.17, 15) is 19.6 Å². The van der Waals surface area contributed by atoms with Crippen molar-refractivity contribution in [3.05, 3.63) is 34.9 Å². The molecule has 8 nitrogen and oxygen atoms in total. The number of nitriles is 1. The Kier molecular flexibility index (Phi) is 10.4. The van der Waals surface area contributed by atoms with E-state index in [2.05, 4.69) is 28.9 Å². The van der Waals surface area contributed by atoms with Crippen LogP contribution in [0.2, 0.25) is 5.02 Å². The van der Waals surface area contributed by atoms with Crippen LogP contribution < -0.4 is 16.0 Å². The normalized spacial score (nSPS) is 19.2. The number of halogens is 1. The van der Waals surface area contributed by atoms with Crippen molar-refractivity contribution >= 4 is 29.5 Å². The molecule has 3 rings (SSSR count). The summed E-state index contributed by atoms with van der Waals surface area (Å²) in [6, 6.07) is 7.89. The first-order chi connectivity index (χ1) is 18.1. The number of benzene rings is 1. The van der Waals surface area contributed by atoms with Crippen LogP contribution in [0.5, 0.6) is 0 Å². The van der Waals surface area contributed by atoms with E-state index >= 15 is 0 Å². The van der Waals surface area contributed by atoms with E-state index in [1.54, 1.807) is 6.07 Å². The van der Waals surface area contributed by atoms with E-state index in [4.69, 9.17) is 16.3 Å². The van der Waals surface area contributed by atoms with Gasteiger partial charge in [0.1, 0.15) is 18.7 Å². The summed E-state index contributed by atoms with van der Waals surface area (Å²) in [5.41, 5.74) is 0.368. The van der Waals surface area contributed by atoms with Gasteiger partial charge in [0.25, 0.3) is 0 Å². The standard InChI is InChI=1S/C29H41ClN4O4/c1-4-5-6-7-8-12-24(33-27(37)38-19-28(2,3)21-10-9-11-22(30)16-21)26(36)32-23(18-31)15-20-17-29(13-14-29)34-25(20)35/h9-11,16,20,23-24H,4-8,12-15,17,19H2,1-3H3,(H,32,36)(H,33,37)(H,34,35)/t20?,23-,24-/m0/s1. The smallest absolute Gasteiger partial charge is 0.407 e. The van der Waals surface area contributed by atoms with Crippen molar-refractivity contribution in [3.63, 3.8) is 0 Å². The second kappa shape index (κ2) is 13.3. The first-order valence-corrected chi connectivity index (χ1v) is 14.2. The molecule has 1 aromatic carbocycles. The number of nitrogens with zero attached hydrogens (tertiary/aromatic N) is 1. The number of hydrogen-bond donors (Lipinski definition) is 3. The zero-order valence-electron chi connectivity index (χ0n) is 22.8. The van der Waals surface area contributed by atoms with Gasteiger partial charge in [-0.15, -0.1) is 0 Å². The van der Waals surface area contributed by atoms with Crippen LogP contribution in [0, 0.1) is 17.2 Å². The Morgan fingerprint density at radius 2 is 1.97 bits per heavy atom. The highest BCUT2D eigenvalue weighted by Gasteiger charge is 2.52. The van der Waals surface area contributed by atoms with Crippen LogP contribution in [0.1, 0.15) is 90.5 Å². The minimum absolute atomic E-state index is 0.0477. The first-order valence-electron chi connectivity index (χ1n) is 13.8. The number of ether oxygens (including phenoxy) is 1. The van der Waals surface area contributed by atoms with Crippen LogP contribution in [0.25, 0.3) is 0 Å². The summed E-state index contributed by atoms with van der Waals surface area (Å²) in [5, 5.41) is 18.8. The zero-order valence-corrected chi connectivity index (χ0v) is 23.5. The Morgan fingerprint density at radius 1 is 1.24 bits per heavy atom. The average molecular weight is 545 g/mol. The minimum Gasteiger partial charge on any atom is -0.449 e. The van der Waals surface area contributed by atoms with Crippen molar-refractivity contribution in [1.29, 1.82) is 5.26 Å². The molecule has 1 heterocycles. The fourth-order valence-corrected chi connectivity index (χ4v) is 5.18. The molecule has 1 saturated carbocycles. The molecule has 1 spiro atoms. The van der Waals surface area contributed by atoms with Crippen LogP contribution in [0.15, 0.2) is 24.3 Å². The molecule has 1 aromatic rings. The number of carbonyl (C=O) groups excluding carboxylic acids is 3. The molecule has 3 N–H and O–H groups in total. The molecule has 1 aliphatic heterocycles. The Morgan fingerprint density at radius 3 is 2.61 bits per heavy atom. The van der Waals surface area contributed by atoms with Crippen molar-refractivity contribution in [2.24, 2.45) is 5.92 Å². The third-order valence-electron chi connectivity index (χ3n) is 7.62. The van der Waals surface area contributed by atoms with Gasteiger partial charge < -0.3 is 20.7 Å². The van der Waals surface area contributed by atoms with Gasteiger partial charge in [0.15, 0.2) is 0 Å². The van der Waals surface area contributed by atoms with Crippen LogP contribution >= 0.6 is 11.6 Å². The van der Waals surface area contributed by atoms with Gasteiger partial charge in [-0.05, 0) is 49.8 Å². The monoisotopic (exact) mass is 544 g/mol. The van der Waals surface area contributed by atoms with Gasteiger partial charge in [-0.3, -0.25) is 9.59 Å². The van der Waals surface area contributed by atoms with Gasteiger partial charge in [0, 0.05) is 21.9 Å². The molecule has 0 radical (unpaired) electrons. The van der Waals surface area contributed by atoms with Crippen LogP contribution in [-0.2, 0) is 19.7 Å². The largest absolute Gasteiger partial charge is 0.449 e. The number of alkyl carbamates (subject to hydrolysis) is 1. The lowest BCUT2D eigenvalue weighted by Gasteiger charge is -2.26. The van der Waals surface area contributed by atoms with Gasteiger partial charge in [0.2, 0.25) is 11.8 Å². The summed E-state index contributed by atoms with van der Waals surface area (Å²) >= 11 is 6.12. The highest BCUT2D eigenvalue weighted by Crippen LogP contribution is 2.46. The van der Waals surface area contributed by atoms with Crippen molar-refractivity contribution in [3.8, 4) is 6.07 Å². The minimum atomic E-state index is -0.832. The van der Waals surface area contributed by atoms with Crippen LogP contribution in [0.4, 0.5) is 4.79 Å². The number of amides is 3. The molecule has 208 valence electrons. The van der Waals surface area contributed by atoms with Gasteiger partial charge in [-0.25, -0.2) is 4.79 Å². The lowest BCUT2D eigenvalue weighted by atomic mass is 9.86. The van der Waals surface area contributed by atoms with E-state index < -0.39 is 29.5 Å². The van der Waals surface area contributed by atoms with E-state index in [0.29, 0.717) is 17.9 Å². The molecule has 1 saturated heterocycles. The molecule has 0 bridgehead atoms. The Hall–Kier alpha value is -2.79. The van der Waals surface area contributed by atoms with Gasteiger partial charge in [-0.2, -0.15) is 5.26 Å². The molecule has 3 atom stereocenters. The molecule has 1 aliphatic carbocycles. The van der Waals surface area contributed by atoms with E-state index in [0.717, 1.165) is 50.5 Å². The predicted octanol–water partition coefficient (Wildman–Crippen LogP) is 5.14. The van der Waals surface area contributed by atoms with Crippen molar-refractivity contribution in [2.75, 3.05) is 6.61 Å². The molecule has 2 fully saturated rings. The maximum atomic E-state index is 13.2. The van der Waals surface area contributed by atoms with Gasteiger partial charge in [0.05, 0.1) is 6.07 Å². The lowest BCUT2D eigenvalue weighted by molar-refractivity contribution is -0.125. The molecular formula is C29H41ClN4O4. The molecule has 38 heavy (non-hydrogen) atoms. The second-order valence-electron chi connectivity index (χ2n) is 11.5. The van der Waals surface area contributed by atoms with Gasteiger partial charge in [-0.1, -0.05) is 76.6 Å². The molecule has 2 aliphatic rings. The average Bonchev–Trinajstić information content (AvgIpc) is 3.56. The number of rotatable bonds is 14. The van der Waals surface area contributed by atoms with E-state index in [-0.39, 0.29) is 30.4 Å². The summed E-state index contributed by atoms with van der Waals surface area (Å²) in [5.74, 6) is -0.771. The molecule has 0 aromatic heterocycles. The van der Waals surface area contributed by atoms with Crippen molar-refractivity contribution in [1.82, 2.24) is 16.0 Å². The van der Waals surface area contributed by atoms with Crippen molar-refractivity contribution in [2.45, 2.75) is 108 Å². The predicted molar refractivity (Wildman–Crippen MR) is 147 cm³/mol. The topological polar surface area (TPSA) is 120 Å². The van der Waals surface area contributed by atoms with Crippen LogP contribution in [-0.4, -0.2) is 42.1 Å². The van der Waals surface area contributed by atoms with Crippen molar-refractivity contribution < 1.29 is 19.1 Å². The fourth-order valence-electron chi connectivity index (χ4n) is 4.99. The number of carbonyl (C=O) groups is 3. The quantitative estimate of drug-likeness (QED) is 0.280. The maximum Gasteiger partial charge on any atom is 0.407 e. The Bertz CT molecular complexity index is 1030. The molecule has 3 amide bonds. The third kappa shape index (κ3) is 8.62. The first kappa shape index (κ1) is 29.8. The SMILES string of the molecule is CCCCCCC[C@H](NC(=O)OCC(C)(C)c1cccc(Cl)c1)C(=O)N[C@H](C#N)CC1CC2(CC2)NC1=O. The van der Waals surface area contributed by atoms with E-state index in [1.165, 1.54) is 0 Å². The summed E-state index contributed by atoms with van der Waals surface area (Å²) in [7, 11) is 0. The zero-order chi connectivity index (χ0) is 27.8. The van der Waals surface area contributed by atoms with Gasteiger partial charge >= 0.3 is 6.09 Å². The summed E-state index contributed by atoms with van der Waals surface area (Å²) < 4.78 is 5.52. The summed E-state index contributed by atoms with van der Waals surface area (Å²) in [6.07, 6.45) is 7.65. The number of unbranched alkanes of at least 4 members (excludes halogenated alkanes) is 4.